The number of rotatable bonds is 6. The summed E-state index contributed by atoms with van der Waals surface area (Å²) in [6.07, 6.45) is 7.29. The van der Waals surface area contributed by atoms with Gasteiger partial charge in [-0.05, 0) is 61.9 Å². The van der Waals surface area contributed by atoms with Gasteiger partial charge in [0, 0.05) is 17.0 Å². The molecule has 0 radical (unpaired) electrons. The van der Waals surface area contributed by atoms with Gasteiger partial charge in [0.15, 0.2) is 0 Å². The van der Waals surface area contributed by atoms with Gasteiger partial charge in [-0.2, -0.15) is 0 Å². The van der Waals surface area contributed by atoms with Crippen molar-refractivity contribution in [2.75, 3.05) is 13.1 Å². The van der Waals surface area contributed by atoms with Crippen molar-refractivity contribution in [3.8, 4) is 0 Å². The minimum Gasteiger partial charge on any atom is -0.353 e. The number of halogens is 2. The Balaban J connectivity index is 0.00000225. The van der Waals surface area contributed by atoms with Crippen LogP contribution in [0.1, 0.15) is 44.6 Å². The highest BCUT2D eigenvalue weighted by molar-refractivity contribution is 6.30. The second-order valence-corrected chi connectivity index (χ2v) is 7.99. The molecule has 25 heavy (non-hydrogen) atoms. The van der Waals surface area contributed by atoms with Crippen LogP contribution in [0.5, 0.6) is 0 Å². The first-order valence-corrected chi connectivity index (χ1v) is 9.77. The molecule has 2 N–H and O–H groups in total. The van der Waals surface area contributed by atoms with Crippen LogP contribution in [0.2, 0.25) is 5.02 Å². The summed E-state index contributed by atoms with van der Waals surface area (Å²) in [5.41, 5.74) is 1.26. The minimum atomic E-state index is 0. The molecule has 1 aliphatic carbocycles. The molecule has 0 spiro atoms. The second kappa shape index (κ2) is 9.80. The summed E-state index contributed by atoms with van der Waals surface area (Å²) >= 11 is 6.00. The Morgan fingerprint density at radius 3 is 2.36 bits per heavy atom. The number of hydrogen-bond acceptors (Lipinski definition) is 2. The number of benzene rings is 1. The van der Waals surface area contributed by atoms with Crippen molar-refractivity contribution in [1.29, 1.82) is 0 Å². The van der Waals surface area contributed by atoms with Crippen LogP contribution in [0.3, 0.4) is 0 Å². The van der Waals surface area contributed by atoms with Crippen LogP contribution in [0.15, 0.2) is 24.3 Å². The van der Waals surface area contributed by atoms with Gasteiger partial charge in [-0.3, -0.25) is 4.79 Å². The zero-order chi connectivity index (χ0) is 16.9. The third-order valence-electron chi connectivity index (χ3n) is 5.85. The zero-order valence-corrected chi connectivity index (χ0v) is 16.5. The largest absolute Gasteiger partial charge is 0.353 e. The number of hydrogen-bond donors (Lipinski definition) is 2. The minimum absolute atomic E-state index is 0. The highest BCUT2D eigenvalue weighted by atomic mass is 35.5. The first kappa shape index (κ1) is 20.5. The summed E-state index contributed by atoms with van der Waals surface area (Å²) in [4.78, 5) is 12.7. The predicted octanol–water partition coefficient (Wildman–Crippen LogP) is 4.22. The lowest BCUT2D eigenvalue weighted by atomic mass is 9.81. The molecule has 1 saturated carbocycles. The molecular formula is C20H30Cl2N2O. The van der Waals surface area contributed by atoms with E-state index in [1.807, 2.05) is 12.1 Å². The van der Waals surface area contributed by atoms with E-state index < -0.39 is 0 Å². The van der Waals surface area contributed by atoms with Crippen molar-refractivity contribution in [3.63, 3.8) is 0 Å². The molecule has 1 amide bonds. The van der Waals surface area contributed by atoms with E-state index in [-0.39, 0.29) is 30.3 Å². The van der Waals surface area contributed by atoms with Gasteiger partial charge in [0.05, 0.1) is 0 Å². The summed E-state index contributed by atoms with van der Waals surface area (Å²) in [7, 11) is 0. The maximum absolute atomic E-state index is 12.7. The van der Waals surface area contributed by atoms with Crippen molar-refractivity contribution >= 4 is 29.9 Å². The fourth-order valence-corrected chi connectivity index (χ4v) is 4.07. The molecule has 0 aromatic heterocycles. The van der Waals surface area contributed by atoms with Crippen LogP contribution >= 0.6 is 24.0 Å². The van der Waals surface area contributed by atoms with E-state index in [1.54, 1.807) is 0 Å². The molecule has 1 aromatic carbocycles. The van der Waals surface area contributed by atoms with Crippen LogP contribution in [-0.4, -0.2) is 25.0 Å². The van der Waals surface area contributed by atoms with Gasteiger partial charge in [-0.1, -0.05) is 49.9 Å². The lowest BCUT2D eigenvalue weighted by Crippen LogP contribution is -2.52. The van der Waals surface area contributed by atoms with Crippen molar-refractivity contribution in [2.45, 2.75) is 51.5 Å². The molecule has 140 valence electrons. The highest BCUT2D eigenvalue weighted by Gasteiger charge is 2.32. The van der Waals surface area contributed by atoms with Gasteiger partial charge < -0.3 is 10.6 Å². The SMILES string of the molecule is CC(C(=O)NC(Cc1ccc(Cl)cc1)C1CCCCC1)C1CNC1.Cl. The van der Waals surface area contributed by atoms with E-state index in [4.69, 9.17) is 11.6 Å². The standard InChI is InChI=1S/C20H29ClN2O.ClH/c1-14(17-12-22-13-17)20(24)23-19(16-5-3-2-4-6-16)11-15-7-9-18(21)10-8-15;/h7-10,14,16-17,19,22H,2-6,11-13H2,1H3,(H,23,24);1H. The number of amides is 1. The van der Waals surface area contributed by atoms with E-state index in [0.717, 1.165) is 24.5 Å². The van der Waals surface area contributed by atoms with Crippen LogP contribution in [0.25, 0.3) is 0 Å². The summed E-state index contributed by atoms with van der Waals surface area (Å²) in [6.45, 7) is 4.01. The molecule has 2 fully saturated rings. The third kappa shape index (κ3) is 5.60. The molecule has 2 atom stereocenters. The van der Waals surface area contributed by atoms with Gasteiger partial charge in [0.1, 0.15) is 0 Å². The average Bonchev–Trinajstić information content (AvgIpc) is 2.55. The third-order valence-corrected chi connectivity index (χ3v) is 6.10. The fraction of sp³-hybridized carbons (Fsp3) is 0.650. The molecule has 3 nitrogen and oxygen atoms in total. The zero-order valence-electron chi connectivity index (χ0n) is 15.0. The lowest BCUT2D eigenvalue weighted by molar-refractivity contribution is -0.127. The first-order chi connectivity index (χ1) is 11.6. The Morgan fingerprint density at radius 1 is 1.16 bits per heavy atom. The quantitative estimate of drug-likeness (QED) is 0.770. The molecule has 1 saturated heterocycles. The molecule has 0 bridgehead atoms. The predicted molar refractivity (Wildman–Crippen MR) is 106 cm³/mol. The number of carbonyl (C=O) groups excluding carboxylic acids is 1. The number of nitrogens with one attached hydrogen (secondary N) is 2. The molecule has 1 heterocycles. The summed E-state index contributed by atoms with van der Waals surface area (Å²) in [5, 5.41) is 7.43. The monoisotopic (exact) mass is 384 g/mol. The van der Waals surface area contributed by atoms with Crippen molar-refractivity contribution in [3.05, 3.63) is 34.9 Å². The fourth-order valence-electron chi connectivity index (χ4n) is 3.94. The first-order valence-electron chi connectivity index (χ1n) is 9.39. The topological polar surface area (TPSA) is 41.1 Å². The van der Waals surface area contributed by atoms with Crippen LogP contribution < -0.4 is 10.6 Å². The summed E-state index contributed by atoms with van der Waals surface area (Å²) in [5.74, 6) is 1.42. The molecule has 1 aliphatic heterocycles. The molecule has 2 aliphatic rings. The Morgan fingerprint density at radius 2 is 1.80 bits per heavy atom. The molecule has 2 unspecified atom stereocenters. The van der Waals surface area contributed by atoms with E-state index in [0.29, 0.717) is 11.8 Å². The van der Waals surface area contributed by atoms with Gasteiger partial charge in [0.2, 0.25) is 5.91 Å². The number of carbonyl (C=O) groups is 1. The van der Waals surface area contributed by atoms with Crippen molar-refractivity contribution in [2.24, 2.45) is 17.8 Å². The Hall–Kier alpha value is -0.770. The van der Waals surface area contributed by atoms with Gasteiger partial charge >= 0.3 is 0 Å². The lowest BCUT2D eigenvalue weighted by Gasteiger charge is -2.35. The van der Waals surface area contributed by atoms with Gasteiger partial charge in [-0.25, -0.2) is 0 Å². The Bertz CT molecular complexity index is 539. The van der Waals surface area contributed by atoms with E-state index in [9.17, 15) is 4.79 Å². The molecular weight excluding hydrogens is 355 g/mol. The van der Waals surface area contributed by atoms with Crippen LogP contribution in [0, 0.1) is 17.8 Å². The van der Waals surface area contributed by atoms with Crippen molar-refractivity contribution < 1.29 is 4.79 Å². The smallest absolute Gasteiger partial charge is 0.223 e. The van der Waals surface area contributed by atoms with Crippen LogP contribution in [-0.2, 0) is 11.2 Å². The second-order valence-electron chi connectivity index (χ2n) is 7.55. The van der Waals surface area contributed by atoms with Gasteiger partial charge in [0.25, 0.3) is 0 Å². The summed E-state index contributed by atoms with van der Waals surface area (Å²) < 4.78 is 0. The Labute approximate surface area is 162 Å². The molecule has 5 heteroatoms. The molecule has 1 aromatic rings. The Kier molecular flexibility index (Phi) is 8.05. The normalized spacial score (nSPS) is 20.9. The van der Waals surface area contributed by atoms with Crippen molar-refractivity contribution in [1.82, 2.24) is 10.6 Å². The van der Waals surface area contributed by atoms with E-state index in [1.165, 1.54) is 37.7 Å². The maximum atomic E-state index is 12.7. The van der Waals surface area contributed by atoms with E-state index in [2.05, 4.69) is 29.7 Å². The van der Waals surface area contributed by atoms with Gasteiger partial charge in [-0.15, -0.1) is 12.4 Å². The highest BCUT2D eigenvalue weighted by Crippen LogP contribution is 2.29. The van der Waals surface area contributed by atoms with E-state index >= 15 is 0 Å². The summed E-state index contributed by atoms with van der Waals surface area (Å²) in [6, 6.07) is 8.31. The van der Waals surface area contributed by atoms with Crippen LogP contribution in [0.4, 0.5) is 0 Å². The molecule has 3 rings (SSSR count). The average molecular weight is 385 g/mol. The maximum Gasteiger partial charge on any atom is 0.223 e.